The van der Waals surface area contributed by atoms with E-state index in [2.05, 4.69) is 9.72 Å². The topological polar surface area (TPSA) is 143 Å². The first kappa shape index (κ1) is 15.5. The van der Waals surface area contributed by atoms with Gasteiger partial charge in [-0.1, -0.05) is 0 Å². The van der Waals surface area contributed by atoms with Crippen LogP contribution in [0.15, 0.2) is 9.72 Å². The largest absolute Gasteiger partial charge is 0.476 e. The number of hydrogen-bond donors (Lipinski definition) is 3. The van der Waals surface area contributed by atoms with E-state index in [0.29, 0.717) is 11.3 Å². The van der Waals surface area contributed by atoms with Gasteiger partial charge in [-0.05, 0) is 0 Å². The summed E-state index contributed by atoms with van der Waals surface area (Å²) < 4.78 is 29.4. The van der Waals surface area contributed by atoms with Gasteiger partial charge in [-0.3, -0.25) is 4.79 Å². The van der Waals surface area contributed by atoms with Crippen molar-refractivity contribution in [3.63, 3.8) is 0 Å². The summed E-state index contributed by atoms with van der Waals surface area (Å²) in [6.07, 6.45) is 0. The number of aliphatic hydroxyl groups is 1. The van der Waals surface area contributed by atoms with Gasteiger partial charge >= 0.3 is 11.9 Å². The van der Waals surface area contributed by atoms with Crippen LogP contribution in [0.2, 0.25) is 0 Å². The van der Waals surface area contributed by atoms with Gasteiger partial charge in [0.05, 0.1) is 19.2 Å². The number of carboxylic acids is 1. The van der Waals surface area contributed by atoms with Crippen LogP contribution in [0.4, 0.5) is 0 Å². The molecule has 9 nitrogen and oxygen atoms in total. The average Bonchev–Trinajstić information content (AvgIpc) is 2.85. The molecule has 11 heteroatoms. The predicted molar refractivity (Wildman–Crippen MR) is 62.3 cm³/mol. The molecule has 1 atom stereocenters. The summed E-state index contributed by atoms with van der Waals surface area (Å²) in [7, 11) is -3.27. The van der Waals surface area contributed by atoms with Crippen molar-refractivity contribution in [2.45, 2.75) is 10.3 Å². The number of aliphatic hydroxyl groups excluding tert-OH is 1. The normalized spacial score (nSPS) is 12.9. The second-order valence-electron chi connectivity index (χ2n) is 3.17. The van der Waals surface area contributed by atoms with Gasteiger partial charge in [-0.2, -0.15) is 4.72 Å². The van der Waals surface area contributed by atoms with Gasteiger partial charge in [0.2, 0.25) is 0 Å². The lowest BCUT2D eigenvalue weighted by Crippen LogP contribution is -2.44. The highest BCUT2D eigenvalue weighted by Crippen LogP contribution is 2.20. The minimum atomic E-state index is -4.29. The van der Waals surface area contributed by atoms with Gasteiger partial charge in [0.15, 0.2) is 9.90 Å². The molecule has 1 rings (SSSR count). The number of rotatable bonds is 6. The van der Waals surface area contributed by atoms with Crippen molar-refractivity contribution in [1.82, 2.24) is 9.71 Å². The molecule has 0 saturated heterocycles. The summed E-state index contributed by atoms with van der Waals surface area (Å²) in [5.41, 5.74) is 0.392. The number of aromatic carboxylic acids is 1. The lowest BCUT2D eigenvalue weighted by molar-refractivity contribution is -0.143. The highest BCUT2D eigenvalue weighted by molar-refractivity contribution is 7.91. The minimum Gasteiger partial charge on any atom is -0.476 e. The molecule has 1 heterocycles. The Kier molecular flexibility index (Phi) is 4.94. The zero-order valence-electron chi connectivity index (χ0n) is 9.56. The van der Waals surface area contributed by atoms with Crippen molar-refractivity contribution in [3.8, 4) is 0 Å². The number of sulfonamides is 1. The molecule has 0 aliphatic carbocycles. The number of carboxylic acid groups (broad SMARTS) is 1. The van der Waals surface area contributed by atoms with Crippen LogP contribution in [0.25, 0.3) is 0 Å². The van der Waals surface area contributed by atoms with Crippen molar-refractivity contribution in [1.29, 1.82) is 0 Å². The molecule has 1 aromatic heterocycles. The molecule has 0 radical (unpaired) electrons. The first-order valence-electron chi connectivity index (χ1n) is 4.71. The Balaban J connectivity index is 3.07. The number of carbonyl (C=O) groups excluding carboxylic acids is 1. The predicted octanol–water partition coefficient (Wildman–Crippen LogP) is -1.35. The van der Waals surface area contributed by atoms with E-state index in [-0.39, 0.29) is 0 Å². The summed E-state index contributed by atoms with van der Waals surface area (Å²) in [5, 5.41) is 17.7. The molecule has 0 spiro atoms. The molecule has 106 valence electrons. The highest BCUT2D eigenvalue weighted by atomic mass is 32.2. The number of aromatic nitrogens is 1. The summed E-state index contributed by atoms with van der Waals surface area (Å²) in [6, 6.07) is -1.52. The first-order chi connectivity index (χ1) is 8.83. The first-order valence-corrected chi connectivity index (χ1v) is 7.07. The van der Waals surface area contributed by atoms with Crippen LogP contribution in [0.5, 0.6) is 0 Å². The molecule has 0 fully saturated rings. The summed E-state index contributed by atoms with van der Waals surface area (Å²) in [5.74, 6) is -2.51. The molecule has 0 aliphatic heterocycles. The minimum absolute atomic E-state index is 0.553. The molecular weight excluding hydrogens is 300 g/mol. The number of esters is 1. The maximum absolute atomic E-state index is 11.9. The molecule has 0 bridgehead atoms. The van der Waals surface area contributed by atoms with Crippen molar-refractivity contribution in [3.05, 3.63) is 11.2 Å². The Morgan fingerprint density at radius 2 is 2.21 bits per heavy atom. The SMILES string of the molecule is COC(=O)C(CO)NS(=O)(=O)c1scnc1C(=O)O. The molecule has 1 aromatic rings. The van der Waals surface area contributed by atoms with Crippen LogP contribution in [0.3, 0.4) is 0 Å². The third-order valence-corrected chi connectivity index (χ3v) is 4.79. The lowest BCUT2D eigenvalue weighted by atomic mass is 10.3. The van der Waals surface area contributed by atoms with Gasteiger partial charge in [0.25, 0.3) is 10.0 Å². The van der Waals surface area contributed by atoms with E-state index >= 15 is 0 Å². The van der Waals surface area contributed by atoms with Gasteiger partial charge in [0, 0.05) is 0 Å². The standard InChI is InChI=1S/C8H10N2O7S2/c1-17-7(14)4(2-11)10-19(15,16)8-5(6(12)13)9-3-18-8/h3-4,10-11H,2H2,1H3,(H,12,13). The number of nitrogens with zero attached hydrogens (tertiary/aromatic N) is 1. The number of hydrogen-bond acceptors (Lipinski definition) is 8. The van der Waals surface area contributed by atoms with Crippen molar-refractivity contribution < 1.29 is 33.0 Å². The second-order valence-corrected chi connectivity index (χ2v) is 5.94. The number of carbonyl (C=O) groups is 2. The van der Waals surface area contributed by atoms with E-state index in [0.717, 1.165) is 12.6 Å². The van der Waals surface area contributed by atoms with Crippen molar-refractivity contribution >= 4 is 33.3 Å². The van der Waals surface area contributed by atoms with Gasteiger partial charge in [0.1, 0.15) is 6.04 Å². The van der Waals surface area contributed by atoms with E-state index in [1.807, 2.05) is 4.72 Å². The number of ether oxygens (including phenoxy) is 1. The van der Waals surface area contributed by atoms with Crippen LogP contribution in [0.1, 0.15) is 10.5 Å². The molecule has 0 aromatic carbocycles. The fourth-order valence-electron chi connectivity index (χ4n) is 1.11. The summed E-state index contributed by atoms with van der Waals surface area (Å²) in [6.45, 7) is -0.826. The summed E-state index contributed by atoms with van der Waals surface area (Å²) >= 11 is 0.580. The lowest BCUT2D eigenvalue weighted by Gasteiger charge is -2.13. The second kappa shape index (κ2) is 6.06. The number of thiazole rings is 1. The van der Waals surface area contributed by atoms with Crippen molar-refractivity contribution in [2.75, 3.05) is 13.7 Å². The summed E-state index contributed by atoms with van der Waals surface area (Å²) in [4.78, 5) is 25.4. The van der Waals surface area contributed by atoms with Crippen LogP contribution in [0, 0.1) is 0 Å². The van der Waals surface area contributed by atoms with Gasteiger partial charge < -0.3 is 14.9 Å². The molecule has 19 heavy (non-hydrogen) atoms. The van der Waals surface area contributed by atoms with E-state index < -0.39 is 44.5 Å². The third-order valence-electron chi connectivity index (χ3n) is 1.95. The molecule has 3 N–H and O–H groups in total. The van der Waals surface area contributed by atoms with E-state index in [4.69, 9.17) is 10.2 Å². The Bertz CT molecular complexity index is 580. The highest BCUT2D eigenvalue weighted by Gasteiger charge is 2.31. The van der Waals surface area contributed by atoms with E-state index in [1.54, 1.807) is 0 Å². The fraction of sp³-hybridized carbons (Fsp3) is 0.375. The number of nitrogens with one attached hydrogen (secondary N) is 1. The number of methoxy groups -OCH3 is 1. The zero-order valence-corrected chi connectivity index (χ0v) is 11.2. The molecule has 0 saturated carbocycles. The van der Waals surface area contributed by atoms with Crippen LogP contribution >= 0.6 is 11.3 Å². The Morgan fingerprint density at radius 1 is 1.58 bits per heavy atom. The van der Waals surface area contributed by atoms with Gasteiger partial charge in [-0.25, -0.2) is 18.2 Å². The van der Waals surface area contributed by atoms with Gasteiger partial charge in [-0.15, -0.1) is 11.3 Å². The fourth-order valence-corrected chi connectivity index (χ4v) is 3.44. The average molecular weight is 310 g/mol. The van der Waals surface area contributed by atoms with E-state index in [9.17, 15) is 18.0 Å². The van der Waals surface area contributed by atoms with E-state index in [1.165, 1.54) is 0 Å². The molecule has 0 amide bonds. The Labute approximate surface area is 111 Å². The quantitative estimate of drug-likeness (QED) is 0.547. The van der Waals surface area contributed by atoms with Crippen molar-refractivity contribution in [2.24, 2.45) is 0 Å². The molecular formula is C8H10N2O7S2. The Hall–Kier alpha value is -1.56. The third kappa shape index (κ3) is 3.47. The Morgan fingerprint density at radius 3 is 2.68 bits per heavy atom. The maximum atomic E-state index is 11.9. The van der Waals surface area contributed by atoms with Crippen LogP contribution in [-0.2, 0) is 19.6 Å². The zero-order chi connectivity index (χ0) is 14.6. The van der Waals surface area contributed by atoms with Crippen LogP contribution in [-0.4, -0.2) is 55.3 Å². The monoisotopic (exact) mass is 310 g/mol. The van der Waals surface area contributed by atoms with Crippen LogP contribution < -0.4 is 4.72 Å². The smallest absolute Gasteiger partial charge is 0.356 e. The molecule has 0 aliphatic rings. The molecule has 1 unspecified atom stereocenters. The maximum Gasteiger partial charge on any atom is 0.356 e.